The summed E-state index contributed by atoms with van der Waals surface area (Å²) in [6, 6.07) is 5.66. The molecule has 1 heterocycles. The van der Waals surface area contributed by atoms with Gasteiger partial charge in [0.25, 0.3) is 0 Å². The number of halogens is 1. The number of thioether (sulfide) groups is 1. The first kappa shape index (κ1) is 13.2. The summed E-state index contributed by atoms with van der Waals surface area (Å²) in [5.74, 6) is 0.356. The van der Waals surface area contributed by atoms with Crippen molar-refractivity contribution in [1.82, 2.24) is 10.3 Å². The third kappa shape index (κ3) is 2.76. The number of rotatable bonds is 3. The summed E-state index contributed by atoms with van der Waals surface area (Å²) >= 11 is 4.83. The summed E-state index contributed by atoms with van der Waals surface area (Å²) in [4.78, 5) is 16.6. The Labute approximate surface area is 117 Å². The quantitative estimate of drug-likeness (QED) is 0.671. The highest BCUT2D eigenvalue weighted by Crippen LogP contribution is 2.31. The van der Waals surface area contributed by atoms with Crippen molar-refractivity contribution in [1.29, 1.82) is 0 Å². The molecular weight excluding hydrogens is 314 g/mol. The number of benzene rings is 1. The average molecular weight is 326 g/mol. The molecule has 2 rings (SSSR count). The number of nitrogen functional groups attached to an aromatic ring is 1. The molecule has 2 aromatic rings. The first-order chi connectivity index (χ1) is 8.61. The number of anilines is 1. The van der Waals surface area contributed by atoms with Crippen molar-refractivity contribution in [3.63, 3.8) is 0 Å². The number of nitrogens with two attached hydrogens (primary N) is 1. The van der Waals surface area contributed by atoms with Gasteiger partial charge in [-0.2, -0.15) is 0 Å². The number of nitrogens with zero attached hydrogens (tertiary/aromatic N) is 1. The van der Waals surface area contributed by atoms with Crippen molar-refractivity contribution in [3.05, 3.63) is 28.9 Å². The Hall–Kier alpha value is -1.27. The van der Waals surface area contributed by atoms with Crippen LogP contribution in [-0.2, 0) is 4.79 Å². The molecule has 0 saturated carbocycles. The summed E-state index contributed by atoms with van der Waals surface area (Å²) in [6.45, 7) is 0. The molecule has 1 aromatic heterocycles. The van der Waals surface area contributed by atoms with Gasteiger partial charge in [0, 0.05) is 33.7 Å². The lowest BCUT2D eigenvalue weighted by molar-refractivity contribution is -0.118. The minimum absolute atomic E-state index is 0.0120. The molecule has 94 valence electrons. The highest BCUT2D eigenvalue weighted by atomic mass is 79.9. The fraction of sp³-hybridized carbons (Fsp3) is 0.167. The maximum Gasteiger partial charge on any atom is 0.230 e. The van der Waals surface area contributed by atoms with E-state index in [9.17, 15) is 4.79 Å². The van der Waals surface area contributed by atoms with Crippen LogP contribution in [0, 0.1) is 0 Å². The number of hydrogen-bond donors (Lipinski definition) is 2. The highest BCUT2D eigenvalue weighted by Gasteiger charge is 2.08. The first-order valence-corrected chi connectivity index (χ1v) is 7.07. The van der Waals surface area contributed by atoms with Gasteiger partial charge in [-0.15, -0.1) is 11.8 Å². The zero-order chi connectivity index (χ0) is 13.1. The lowest BCUT2D eigenvalue weighted by atomic mass is 10.2. The van der Waals surface area contributed by atoms with Gasteiger partial charge in [-0.3, -0.25) is 9.78 Å². The summed E-state index contributed by atoms with van der Waals surface area (Å²) < 4.78 is 0.884. The maximum atomic E-state index is 11.3. The Kier molecular flexibility index (Phi) is 4.08. The van der Waals surface area contributed by atoms with Crippen LogP contribution < -0.4 is 11.1 Å². The highest BCUT2D eigenvalue weighted by molar-refractivity contribution is 9.10. The number of fused-ring (bicyclic) bond motifs is 1. The third-order valence-corrected chi connectivity index (χ3v) is 3.93. The lowest BCUT2D eigenvalue weighted by Gasteiger charge is -2.07. The normalized spacial score (nSPS) is 10.6. The molecule has 0 spiro atoms. The van der Waals surface area contributed by atoms with Gasteiger partial charge in [-0.05, 0) is 34.1 Å². The summed E-state index contributed by atoms with van der Waals surface area (Å²) in [7, 11) is 1.62. The van der Waals surface area contributed by atoms with Crippen LogP contribution in [0.4, 0.5) is 5.69 Å². The molecule has 18 heavy (non-hydrogen) atoms. The van der Waals surface area contributed by atoms with Crippen LogP contribution in [0.3, 0.4) is 0 Å². The first-order valence-electron chi connectivity index (χ1n) is 5.29. The molecule has 0 aliphatic heterocycles. The molecule has 3 N–H and O–H groups in total. The molecular formula is C12H12BrN3OS. The van der Waals surface area contributed by atoms with Gasteiger partial charge < -0.3 is 11.1 Å². The number of hydrogen-bond acceptors (Lipinski definition) is 4. The van der Waals surface area contributed by atoms with Crippen LogP contribution in [0.1, 0.15) is 0 Å². The Bertz CT molecular complexity index is 603. The molecule has 1 amide bonds. The molecule has 1 aromatic carbocycles. The van der Waals surface area contributed by atoms with Gasteiger partial charge in [0.05, 0.1) is 11.3 Å². The van der Waals surface area contributed by atoms with Crippen molar-refractivity contribution in [2.75, 3.05) is 18.5 Å². The molecule has 4 nitrogen and oxygen atoms in total. The van der Waals surface area contributed by atoms with Crippen LogP contribution in [0.2, 0.25) is 0 Å². The van der Waals surface area contributed by atoms with Crippen molar-refractivity contribution < 1.29 is 4.79 Å². The smallest absolute Gasteiger partial charge is 0.230 e. The Morgan fingerprint density at radius 2 is 2.33 bits per heavy atom. The second-order valence-electron chi connectivity index (χ2n) is 3.66. The number of nitrogens with one attached hydrogen (secondary N) is 1. The molecule has 0 radical (unpaired) electrons. The summed E-state index contributed by atoms with van der Waals surface area (Å²) in [5.41, 5.74) is 7.44. The predicted molar refractivity (Wildman–Crippen MR) is 78.6 cm³/mol. The van der Waals surface area contributed by atoms with Crippen LogP contribution in [0.5, 0.6) is 0 Å². The summed E-state index contributed by atoms with van der Waals surface area (Å²) in [6.07, 6.45) is 1.73. The van der Waals surface area contributed by atoms with E-state index < -0.39 is 0 Å². The summed E-state index contributed by atoms with van der Waals surface area (Å²) in [5, 5.41) is 3.49. The van der Waals surface area contributed by atoms with Gasteiger partial charge in [0.2, 0.25) is 5.91 Å². The Balaban J connectivity index is 2.40. The van der Waals surface area contributed by atoms with E-state index in [1.54, 1.807) is 13.2 Å². The maximum absolute atomic E-state index is 11.3. The number of pyridine rings is 1. The topological polar surface area (TPSA) is 68.0 Å². The number of carbonyl (C=O) groups excluding carboxylic acids is 1. The number of carbonyl (C=O) groups is 1. The van der Waals surface area contributed by atoms with Crippen molar-refractivity contribution in [2.24, 2.45) is 0 Å². The molecule has 0 saturated heterocycles. The van der Waals surface area contributed by atoms with Crippen molar-refractivity contribution in [3.8, 4) is 0 Å². The number of amides is 1. The molecule has 6 heteroatoms. The van der Waals surface area contributed by atoms with Crippen LogP contribution >= 0.6 is 27.7 Å². The SMILES string of the molecule is CNC(=O)CSc1ccc(N)c2cc(Br)cnc12. The molecule has 0 unspecified atom stereocenters. The van der Waals surface area contributed by atoms with Crippen molar-refractivity contribution >= 4 is 50.2 Å². The molecule has 0 aliphatic rings. The van der Waals surface area contributed by atoms with Crippen molar-refractivity contribution in [2.45, 2.75) is 4.90 Å². The van der Waals surface area contributed by atoms with E-state index >= 15 is 0 Å². The molecule has 0 fully saturated rings. The Morgan fingerprint density at radius 1 is 1.56 bits per heavy atom. The fourth-order valence-corrected chi connectivity index (χ4v) is 2.75. The average Bonchev–Trinajstić information content (AvgIpc) is 2.38. The van der Waals surface area contributed by atoms with Gasteiger partial charge in [0.15, 0.2) is 0 Å². The third-order valence-electron chi connectivity index (χ3n) is 2.45. The minimum Gasteiger partial charge on any atom is -0.398 e. The standard InChI is InChI=1S/C12H12BrN3OS/c1-15-11(17)6-18-10-3-2-9(14)8-4-7(13)5-16-12(8)10/h2-5H,6,14H2,1H3,(H,15,17). The van der Waals surface area contributed by atoms with Gasteiger partial charge in [-0.1, -0.05) is 0 Å². The minimum atomic E-state index is -0.0120. The van der Waals surface area contributed by atoms with Gasteiger partial charge >= 0.3 is 0 Å². The predicted octanol–water partition coefficient (Wildman–Crippen LogP) is 2.42. The van der Waals surface area contributed by atoms with E-state index in [1.807, 2.05) is 18.2 Å². The number of aromatic nitrogens is 1. The van der Waals surface area contributed by atoms with E-state index in [2.05, 4.69) is 26.2 Å². The van der Waals surface area contributed by atoms with Crippen LogP contribution in [0.15, 0.2) is 33.8 Å². The van der Waals surface area contributed by atoms with E-state index in [-0.39, 0.29) is 5.91 Å². The lowest BCUT2D eigenvalue weighted by Crippen LogP contribution is -2.19. The van der Waals surface area contributed by atoms with E-state index in [1.165, 1.54) is 11.8 Å². The fourth-order valence-electron chi connectivity index (χ4n) is 1.52. The van der Waals surface area contributed by atoms with E-state index in [0.29, 0.717) is 11.4 Å². The van der Waals surface area contributed by atoms with Crippen LogP contribution in [-0.4, -0.2) is 23.7 Å². The van der Waals surface area contributed by atoms with E-state index in [4.69, 9.17) is 5.73 Å². The molecule has 0 atom stereocenters. The molecule has 0 bridgehead atoms. The zero-order valence-corrected chi connectivity index (χ0v) is 12.1. The van der Waals surface area contributed by atoms with Gasteiger partial charge in [-0.25, -0.2) is 0 Å². The molecule has 0 aliphatic carbocycles. The van der Waals surface area contributed by atoms with Gasteiger partial charge in [0.1, 0.15) is 0 Å². The zero-order valence-electron chi connectivity index (χ0n) is 9.74. The van der Waals surface area contributed by atoms with E-state index in [0.717, 1.165) is 20.3 Å². The largest absolute Gasteiger partial charge is 0.398 e. The Morgan fingerprint density at radius 3 is 3.06 bits per heavy atom. The monoisotopic (exact) mass is 325 g/mol. The second kappa shape index (κ2) is 5.58. The second-order valence-corrected chi connectivity index (χ2v) is 5.60. The van der Waals surface area contributed by atoms with Crippen LogP contribution in [0.25, 0.3) is 10.9 Å².